The number of H-pyrrole nitrogens is 1. The Kier molecular flexibility index (Phi) is 5.35. The Hall–Kier alpha value is -2.79. The Balaban J connectivity index is 1.47. The van der Waals surface area contributed by atoms with Crippen molar-refractivity contribution < 1.29 is 14.3 Å². The number of rotatable bonds is 6. The number of aromatic nitrogens is 1. The lowest BCUT2D eigenvalue weighted by Crippen LogP contribution is -2.48. The van der Waals surface area contributed by atoms with Gasteiger partial charge in [-0.2, -0.15) is 0 Å². The van der Waals surface area contributed by atoms with Gasteiger partial charge in [-0.1, -0.05) is 30.3 Å². The molecule has 1 amide bonds. The van der Waals surface area contributed by atoms with Crippen LogP contribution in [0.5, 0.6) is 5.75 Å². The van der Waals surface area contributed by atoms with E-state index in [2.05, 4.69) is 22.4 Å². The summed E-state index contributed by atoms with van der Waals surface area (Å²) >= 11 is 0. The first-order chi connectivity index (χ1) is 13.7. The van der Waals surface area contributed by atoms with Crippen LogP contribution in [-0.2, 0) is 21.4 Å². The second kappa shape index (κ2) is 8.07. The summed E-state index contributed by atoms with van der Waals surface area (Å²) in [5.74, 6) is 0.932. The third kappa shape index (κ3) is 3.50. The van der Waals surface area contributed by atoms with Gasteiger partial charge < -0.3 is 19.8 Å². The van der Waals surface area contributed by atoms with Crippen molar-refractivity contribution in [2.75, 3.05) is 26.9 Å². The van der Waals surface area contributed by atoms with Gasteiger partial charge in [0.2, 0.25) is 5.91 Å². The van der Waals surface area contributed by atoms with E-state index in [-0.39, 0.29) is 5.91 Å². The number of hydrogen-bond donors (Lipinski definition) is 2. The fourth-order valence-corrected chi connectivity index (χ4v) is 4.10. The van der Waals surface area contributed by atoms with Crippen molar-refractivity contribution in [2.45, 2.75) is 24.7 Å². The quantitative estimate of drug-likeness (QED) is 0.689. The molecular weight excluding hydrogens is 352 g/mol. The average molecular weight is 378 g/mol. The van der Waals surface area contributed by atoms with Gasteiger partial charge in [-0.3, -0.25) is 4.79 Å². The number of aromatic amines is 1. The molecule has 0 bridgehead atoms. The zero-order valence-electron chi connectivity index (χ0n) is 16.2. The summed E-state index contributed by atoms with van der Waals surface area (Å²) in [5.41, 5.74) is 2.83. The molecule has 2 N–H and O–H groups in total. The number of nitrogens with one attached hydrogen (secondary N) is 2. The first-order valence-corrected chi connectivity index (χ1v) is 9.78. The number of ether oxygens (including phenoxy) is 2. The molecule has 28 heavy (non-hydrogen) atoms. The Morgan fingerprint density at radius 1 is 1.18 bits per heavy atom. The molecule has 1 saturated heterocycles. The standard InChI is InChI=1S/C23H26N2O3/c1-27-19-7-8-21-20(15-19)17(16-25-21)9-12-24-22(26)23(10-13-28-14-11-23)18-5-3-2-4-6-18/h2-8,15-16,25H,9-14H2,1H3,(H,24,26). The fourth-order valence-electron chi connectivity index (χ4n) is 4.10. The van der Waals surface area contributed by atoms with E-state index < -0.39 is 5.41 Å². The third-order valence-corrected chi connectivity index (χ3v) is 5.76. The van der Waals surface area contributed by atoms with Crippen molar-refractivity contribution >= 4 is 16.8 Å². The van der Waals surface area contributed by atoms with Crippen molar-refractivity contribution in [3.63, 3.8) is 0 Å². The van der Waals surface area contributed by atoms with Gasteiger partial charge in [-0.15, -0.1) is 0 Å². The Bertz CT molecular complexity index is 943. The van der Waals surface area contributed by atoms with E-state index in [4.69, 9.17) is 9.47 Å². The summed E-state index contributed by atoms with van der Waals surface area (Å²) in [6.45, 7) is 1.83. The molecule has 5 nitrogen and oxygen atoms in total. The summed E-state index contributed by atoms with van der Waals surface area (Å²) in [5, 5.41) is 4.32. The van der Waals surface area contributed by atoms with Crippen molar-refractivity contribution in [1.82, 2.24) is 10.3 Å². The molecule has 5 heteroatoms. The maximum Gasteiger partial charge on any atom is 0.230 e. The molecule has 4 rings (SSSR count). The van der Waals surface area contributed by atoms with Crippen molar-refractivity contribution in [2.24, 2.45) is 0 Å². The molecule has 3 aromatic rings. The van der Waals surface area contributed by atoms with Gasteiger partial charge in [-0.25, -0.2) is 0 Å². The lowest BCUT2D eigenvalue weighted by molar-refractivity contribution is -0.130. The molecule has 2 heterocycles. The van der Waals surface area contributed by atoms with Gasteiger partial charge in [0.1, 0.15) is 5.75 Å². The van der Waals surface area contributed by atoms with Crippen LogP contribution in [0, 0.1) is 0 Å². The molecule has 0 atom stereocenters. The van der Waals surface area contributed by atoms with Crippen molar-refractivity contribution in [1.29, 1.82) is 0 Å². The minimum Gasteiger partial charge on any atom is -0.497 e. The number of methoxy groups -OCH3 is 1. The maximum absolute atomic E-state index is 13.2. The zero-order chi connectivity index (χ0) is 19.4. The van der Waals surface area contributed by atoms with Crippen LogP contribution in [0.2, 0.25) is 0 Å². The number of carbonyl (C=O) groups excluding carboxylic acids is 1. The molecule has 0 spiro atoms. The molecule has 0 saturated carbocycles. The SMILES string of the molecule is COc1ccc2[nH]cc(CCNC(=O)C3(c4ccccc4)CCOCC3)c2c1. The van der Waals surface area contributed by atoms with E-state index >= 15 is 0 Å². The highest BCUT2D eigenvalue weighted by atomic mass is 16.5. The molecule has 1 fully saturated rings. The van der Waals surface area contributed by atoms with Gasteiger partial charge in [0, 0.05) is 36.9 Å². The summed E-state index contributed by atoms with van der Waals surface area (Å²) in [6, 6.07) is 16.1. The second-order valence-corrected chi connectivity index (χ2v) is 7.29. The second-order valence-electron chi connectivity index (χ2n) is 7.29. The summed E-state index contributed by atoms with van der Waals surface area (Å²) in [6.07, 6.45) is 4.21. The van der Waals surface area contributed by atoms with Crippen molar-refractivity contribution in [3.05, 3.63) is 65.9 Å². The van der Waals surface area contributed by atoms with E-state index in [9.17, 15) is 4.79 Å². The molecule has 0 radical (unpaired) electrons. The molecule has 0 aliphatic carbocycles. The van der Waals surface area contributed by atoms with Crippen LogP contribution >= 0.6 is 0 Å². The van der Waals surface area contributed by atoms with Gasteiger partial charge in [0.15, 0.2) is 0 Å². The molecule has 146 valence electrons. The first kappa shape index (κ1) is 18.6. The molecule has 1 aliphatic rings. The lowest BCUT2D eigenvalue weighted by atomic mass is 9.73. The Morgan fingerprint density at radius 2 is 1.96 bits per heavy atom. The first-order valence-electron chi connectivity index (χ1n) is 9.78. The largest absolute Gasteiger partial charge is 0.497 e. The normalized spacial score (nSPS) is 16.0. The highest BCUT2D eigenvalue weighted by Gasteiger charge is 2.41. The van der Waals surface area contributed by atoms with Crippen LogP contribution in [0.15, 0.2) is 54.7 Å². The van der Waals surface area contributed by atoms with Gasteiger partial charge in [0.05, 0.1) is 12.5 Å². The number of carbonyl (C=O) groups is 1. The number of fused-ring (bicyclic) bond motifs is 1. The molecule has 2 aromatic carbocycles. The van der Waals surface area contributed by atoms with Crippen LogP contribution in [-0.4, -0.2) is 37.8 Å². The van der Waals surface area contributed by atoms with Crippen LogP contribution in [0.3, 0.4) is 0 Å². The predicted octanol–water partition coefficient (Wildman–Crippen LogP) is 3.58. The molecule has 1 aliphatic heterocycles. The topological polar surface area (TPSA) is 63.3 Å². The molecule has 0 unspecified atom stereocenters. The summed E-state index contributed by atoms with van der Waals surface area (Å²) in [4.78, 5) is 16.5. The van der Waals surface area contributed by atoms with Gasteiger partial charge in [-0.05, 0) is 48.6 Å². The third-order valence-electron chi connectivity index (χ3n) is 5.76. The van der Waals surface area contributed by atoms with Crippen LogP contribution < -0.4 is 10.1 Å². The minimum absolute atomic E-state index is 0.0967. The van der Waals surface area contributed by atoms with E-state index in [0.29, 0.717) is 32.6 Å². The monoisotopic (exact) mass is 378 g/mol. The van der Waals surface area contributed by atoms with Crippen LogP contribution in [0.1, 0.15) is 24.0 Å². The number of hydrogen-bond acceptors (Lipinski definition) is 3. The Labute approximate surface area is 165 Å². The predicted molar refractivity (Wildman–Crippen MR) is 110 cm³/mol. The van der Waals surface area contributed by atoms with Crippen LogP contribution in [0.4, 0.5) is 0 Å². The zero-order valence-corrected chi connectivity index (χ0v) is 16.2. The summed E-state index contributed by atoms with van der Waals surface area (Å²) in [7, 11) is 1.67. The maximum atomic E-state index is 13.2. The summed E-state index contributed by atoms with van der Waals surface area (Å²) < 4.78 is 10.9. The van der Waals surface area contributed by atoms with E-state index in [1.165, 1.54) is 5.56 Å². The highest BCUT2D eigenvalue weighted by molar-refractivity contribution is 5.88. The average Bonchev–Trinajstić information content (AvgIpc) is 3.17. The lowest BCUT2D eigenvalue weighted by Gasteiger charge is -2.36. The van der Waals surface area contributed by atoms with E-state index in [1.54, 1.807) is 7.11 Å². The molecule has 1 aromatic heterocycles. The highest BCUT2D eigenvalue weighted by Crippen LogP contribution is 2.35. The number of benzene rings is 2. The van der Waals surface area contributed by atoms with Crippen LogP contribution in [0.25, 0.3) is 10.9 Å². The Morgan fingerprint density at radius 3 is 2.71 bits per heavy atom. The smallest absolute Gasteiger partial charge is 0.230 e. The van der Waals surface area contributed by atoms with Gasteiger partial charge in [0.25, 0.3) is 0 Å². The van der Waals surface area contributed by atoms with E-state index in [1.807, 2.05) is 42.6 Å². The van der Waals surface area contributed by atoms with Gasteiger partial charge >= 0.3 is 0 Å². The number of amides is 1. The molecular formula is C23H26N2O3. The fraction of sp³-hybridized carbons (Fsp3) is 0.348. The van der Waals surface area contributed by atoms with E-state index in [0.717, 1.165) is 28.6 Å². The van der Waals surface area contributed by atoms with Crippen molar-refractivity contribution in [3.8, 4) is 5.75 Å². The minimum atomic E-state index is -0.497.